The molecule has 0 saturated heterocycles. The average molecular weight is 270 g/mol. The molecule has 2 saturated carbocycles. The molecule has 2 bridgehead atoms. The van der Waals surface area contributed by atoms with Gasteiger partial charge in [0, 0.05) is 0 Å². The number of hydrogen-bond acceptors (Lipinski definition) is 6. The molecule has 0 amide bonds. The van der Waals surface area contributed by atoms with E-state index in [1.165, 1.54) is 21.3 Å². The van der Waals surface area contributed by atoms with Crippen LogP contribution in [-0.4, -0.2) is 39.2 Å². The Balaban J connectivity index is 2.26. The SMILES string of the molecule is COC(=O)[C@@H]1[C@@H]2C[C@H]([C@@H]1C(=O)OC)[C@@H](C(=O)OC)C2. The molecule has 0 aromatic heterocycles. The van der Waals surface area contributed by atoms with Crippen LogP contribution in [0.2, 0.25) is 0 Å². The van der Waals surface area contributed by atoms with Crippen molar-refractivity contribution in [1.82, 2.24) is 0 Å². The Labute approximate surface area is 111 Å². The van der Waals surface area contributed by atoms with E-state index in [0.717, 1.165) is 0 Å². The Morgan fingerprint density at radius 3 is 1.84 bits per heavy atom. The third-order valence-corrected chi connectivity index (χ3v) is 4.46. The molecule has 0 radical (unpaired) electrons. The molecule has 2 rings (SSSR count). The van der Waals surface area contributed by atoms with Crippen LogP contribution in [0.25, 0.3) is 0 Å². The van der Waals surface area contributed by atoms with Gasteiger partial charge in [-0.3, -0.25) is 14.4 Å². The molecule has 0 spiro atoms. The van der Waals surface area contributed by atoms with Gasteiger partial charge in [-0.25, -0.2) is 0 Å². The standard InChI is InChI=1S/C13H18O6/c1-17-11(14)8-5-6-4-7(8)10(13(16)19-3)9(6)12(15)18-2/h6-10H,4-5H2,1-3H3/t6-,7+,8+,9-,10+/m1/s1. The predicted octanol–water partition coefficient (Wildman–Crippen LogP) is 0.394. The van der Waals surface area contributed by atoms with Crippen molar-refractivity contribution in [3.8, 4) is 0 Å². The van der Waals surface area contributed by atoms with Gasteiger partial charge in [0.15, 0.2) is 0 Å². The highest BCUT2D eigenvalue weighted by atomic mass is 16.5. The molecule has 0 aromatic rings. The van der Waals surface area contributed by atoms with Gasteiger partial charge >= 0.3 is 17.9 Å². The lowest BCUT2D eigenvalue weighted by molar-refractivity contribution is -0.164. The molecule has 2 aliphatic rings. The summed E-state index contributed by atoms with van der Waals surface area (Å²) < 4.78 is 14.3. The highest BCUT2D eigenvalue weighted by Crippen LogP contribution is 2.56. The van der Waals surface area contributed by atoms with Gasteiger partial charge in [-0.2, -0.15) is 0 Å². The maximum Gasteiger partial charge on any atom is 0.309 e. The average Bonchev–Trinajstić information content (AvgIpc) is 3.02. The molecule has 0 aliphatic heterocycles. The molecule has 106 valence electrons. The number of rotatable bonds is 3. The summed E-state index contributed by atoms with van der Waals surface area (Å²) in [6.07, 6.45) is 1.24. The van der Waals surface area contributed by atoms with Crippen LogP contribution < -0.4 is 0 Å². The van der Waals surface area contributed by atoms with Crippen molar-refractivity contribution < 1.29 is 28.6 Å². The molecular weight excluding hydrogens is 252 g/mol. The van der Waals surface area contributed by atoms with Crippen molar-refractivity contribution in [3.63, 3.8) is 0 Å². The van der Waals surface area contributed by atoms with Crippen LogP contribution in [0.15, 0.2) is 0 Å². The van der Waals surface area contributed by atoms with E-state index in [1.54, 1.807) is 0 Å². The van der Waals surface area contributed by atoms with Crippen molar-refractivity contribution in [2.75, 3.05) is 21.3 Å². The van der Waals surface area contributed by atoms with Gasteiger partial charge in [0.1, 0.15) is 0 Å². The van der Waals surface area contributed by atoms with Crippen LogP contribution in [0.4, 0.5) is 0 Å². The second kappa shape index (κ2) is 5.19. The van der Waals surface area contributed by atoms with E-state index in [1.807, 2.05) is 0 Å². The van der Waals surface area contributed by atoms with Crippen LogP contribution in [0, 0.1) is 29.6 Å². The lowest BCUT2D eigenvalue weighted by Crippen LogP contribution is -2.41. The highest BCUT2D eigenvalue weighted by Gasteiger charge is 2.60. The van der Waals surface area contributed by atoms with Crippen molar-refractivity contribution in [2.45, 2.75) is 12.8 Å². The van der Waals surface area contributed by atoms with Crippen molar-refractivity contribution in [1.29, 1.82) is 0 Å². The first-order valence-electron chi connectivity index (χ1n) is 6.28. The highest BCUT2D eigenvalue weighted by molar-refractivity contribution is 5.85. The molecule has 19 heavy (non-hydrogen) atoms. The summed E-state index contributed by atoms with van der Waals surface area (Å²) in [4.78, 5) is 35.5. The Morgan fingerprint density at radius 1 is 0.789 bits per heavy atom. The van der Waals surface area contributed by atoms with Gasteiger partial charge in [0.25, 0.3) is 0 Å². The summed E-state index contributed by atoms with van der Waals surface area (Å²) in [6.45, 7) is 0. The van der Waals surface area contributed by atoms with E-state index >= 15 is 0 Å². The van der Waals surface area contributed by atoms with Crippen LogP contribution in [0.5, 0.6) is 0 Å². The van der Waals surface area contributed by atoms with Crippen molar-refractivity contribution in [3.05, 3.63) is 0 Å². The van der Waals surface area contributed by atoms with Crippen LogP contribution in [0.3, 0.4) is 0 Å². The molecular formula is C13H18O6. The van der Waals surface area contributed by atoms with E-state index in [-0.39, 0.29) is 23.7 Å². The summed E-state index contributed by atoms with van der Waals surface area (Å²) in [6, 6.07) is 0. The number of hydrogen-bond donors (Lipinski definition) is 0. The molecule has 0 heterocycles. The minimum Gasteiger partial charge on any atom is -0.469 e. The molecule has 0 N–H and O–H groups in total. The van der Waals surface area contributed by atoms with E-state index in [9.17, 15) is 14.4 Å². The number of carbonyl (C=O) groups excluding carboxylic acids is 3. The number of ether oxygens (including phenoxy) is 3. The fraction of sp³-hybridized carbons (Fsp3) is 0.769. The third kappa shape index (κ3) is 2.09. The first kappa shape index (κ1) is 13.8. The van der Waals surface area contributed by atoms with Gasteiger partial charge in [0.05, 0.1) is 39.1 Å². The van der Waals surface area contributed by atoms with E-state index in [2.05, 4.69) is 0 Å². The topological polar surface area (TPSA) is 78.9 Å². The number of fused-ring (bicyclic) bond motifs is 2. The monoisotopic (exact) mass is 270 g/mol. The minimum atomic E-state index is -0.597. The quantitative estimate of drug-likeness (QED) is 0.545. The molecule has 2 fully saturated rings. The zero-order valence-electron chi connectivity index (χ0n) is 11.3. The Morgan fingerprint density at radius 2 is 1.32 bits per heavy atom. The molecule has 2 aliphatic carbocycles. The molecule has 0 aromatic carbocycles. The fourth-order valence-electron chi connectivity index (χ4n) is 3.72. The van der Waals surface area contributed by atoms with Gasteiger partial charge in [-0.1, -0.05) is 0 Å². The van der Waals surface area contributed by atoms with Gasteiger partial charge < -0.3 is 14.2 Å². The second-order valence-corrected chi connectivity index (χ2v) is 5.12. The van der Waals surface area contributed by atoms with Crippen molar-refractivity contribution in [2.24, 2.45) is 29.6 Å². The maximum absolute atomic E-state index is 11.9. The van der Waals surface area contributed by atoms with Crippen molar-refractivity contribution >= 4 is 17.9 Å². The van der Waals surface area contributed by atoms with Gasteiger partial charge in [-0.05, 0) is 24.7 Å². The summed E-state index contributed by atoms with van der Waals surface area (Å²) >= 11 is 0. The fourth-order valence-corrected chi connectivity index (χ4v) is 3.72. The zero-order valence-corrected chi connectivity index (χ0v) is 11.3. The van der Waals surface area contributed by atoms with Gasteiger partial charge in [0.2, 0.25) is 0 Å². The lowest BCUT2D eigenvalue weighted by Gasteiger charge is -2.31. The zero-order chi connectivity index (χ0) is 14.2. The summed E-state index contributed by atoms with van der Waals surface area (Å²) in [5, 5.41) is 0. The van der Waals surface area contributed by atoms with Crippen LogP contribution in [0.1, 0.15) is 12.8 Å². The molecule has 6 heteroatoms. The maximum atomic E-state index is 11.9. The normalized spacial score (nSPS) is 35.8. The van der Waals surface area contributed by atoms with Crippen LogP contribution >= 0.6 is 0 Å². The smallest absolute Gasteiger partial charge is 0.309 e. The van der Waals surface area contributed by atoms with E-state index in [4.69, 9.17) is 14.2 Å². The largest absolute Gasteiger partial charge is 0.469 e. The Bertz CT molecular complexity index is 404. The number of carbonyl (C=O) groups is 3. The third-order valence-electron chi connectivity index (χ3n) is 4.46. The van der Waals surface area contributed by atoms with Crippen LogP contribution in [-0.2, 0) is 28.6 Å². The predicted molar refractivity (Wildman–Crippen MR) is 62.7 cm³/mol. The summed E-state index contributed by atoms with van der Waals surface area (Å²) in [7, 11) is 3.93. The summed E-state index contributed by atoms with van der Waals surface area (Å²) in [5.41, 5.74) is 0. The molecule has 0 unspecified atom stereocenters. The number of methoxy groups -OCH3 is 3. The first-order valence-corrected chi connectivity index (χ1v) is 6.28. The summed E-state index contributed by atoms with van der Waals surface area (Å²) in [5.74, 6) is -2.77. The minimum absolute atomic E-state index is 0.00866. The van der Waals surface area contributed by atoms with E-state index in [0.29, 0.717) is 12.8 Å². The van der Waals surface area contributed by atoms with E-state index < -0.39 is 23.8 Å². The number of esters is 3. The molecule has 5 atom stereocenters. The lowest BCUT2D eigenvalue weighted by atomic mass is 9.74. The Kier molecular flexibility index (Phi) is 3.78. The molecule has 6 nitrogen and oxygen atoms in total. The van der Waals surface area contributed by atoms with Gasteiger partial charge in [-0.15, -0.1) is 0 Å². The first-order chi connectivity index (χ1) is 9.04. The second-order valence-electron chi connectivity index (χ2n) is 5.12. The Hall–Kier alpha value is -1.59.